The normalized spacial score (nSPS) is 23.2. The number of carboxylic acid groups (broad SMARTS) is 1. The standard InChI is InChI=1S/C23H25ClN4O4/c24-15-6-9-18-19(11-15)27-21(29)20(12-17-3-1-2-10-25-17)28(22(18)30)13-14-4-7-16(8-5-14)26-23(31)32/h1-3,6,9-11,14,16,20,26H,4-5,7-8,12-13H2,(H,27,29)(H,31,32). The first-order chi connectivity index (χ1) is 15.4. The first-order valence-electron chi connectivity index (χ1n) is 10.7. The molecule has 1 saturated carbocycles. The molecular formula is C23H25ClN4O4. The van der Waals surface area contributed by atoms with Gasteiger partial charge in [0.05, 0.1) is 11.3 Å². The second-order valence-corrected chi connectivity index (χ2v) is 8.78. The van der Waals surface area contributed by atoms with Gasteiger partial charge in [0.1, 0.15) is 6.04 Å². The van der Waals surface area contributed by atoms with Crippen molar-refractivity contribution in [2.24, 2.45) is 5.92 Å². The average molecular weight is 457 g/mol. The van der Waals surface area contributed by atoms with E-state index in [1.165, 1.54) is 0 Å². The van der Waals surface area contributed by atoms with Crippen molar-refractivity contribution in [2.45, 2.75) is 44.2 Å². The zero-order chi connectivity index (χ0) is 22.7. The monoisotopic (exact) mass is 456 g/mol. The molecule has 0 saturated heterocycles. The molecule has 0 spiro atoms. The van der Waals surface area contributed by atoms with E-state index in [1.54, 1.807) is 35.4 Å². The molecule has 1 atom stereocenters. The lowest BCUT2D eigenvalue weighted by atomic mass is 9.85. The van der Waals surface area contributed by atoms with Crippen molar-refractivity contribution in [3.63, 3.8) is 0 Å². The molecule has 9 heteroatoms. The van der Waals surface area contributed by atoms with E-state index in [0.717, 1.165) is 18.5 Å². The first kappa shape index (κ1) is 22.1. The number of hydrogen-bond acceptors (Lipinski definition) is 4. The third-order valence-corrected chi connectivity index (χ3v) is 6.40. The second kappa shape index (κ2) is 9.56. The molecule has 2 aromatic rings. The molecule has 1 aromatic heterocycles. The van der Waals surface area contributed by atoms with Gasteiger partial charge in [0, 0.05) is 35.9 Å². The number of nitrogens with zero attached hydrogens (tertiary/aromatic N) is 2. The van der Waals surface area contributed by atoms with Crippen LogP contribution >= 0.6 is 11.6 Å². The molecule has 1 fully saturated rings. The van der Waals surface area contributed by atoms with Gasteiger partial charge in [-0.25, -0.2) is 4.79 Å². The number of rotatable bonds is 5. The van der Waals surface area contributed by atoms with Gasteiger partial charge in [0.15, 0.2) is 0 Å². The zero-order valence-electron chi connectivity index (χ0n) is 17.5. The maximum absolute atomic E-state index is 13.6. The molecule has 2 aliphatic rings. The summed E-state index contributed by atoms with van der Waals surface area (Å²) >= 11 is 6.10. The third-order valence-electron chi connectivity index (χ3n) is 6.17. The predicted molar refractivity (Wildman–Crippen MR) is 120 cm³/mol. The van der Waals surface area contributed by atoms with Crippen LogP contribution in [-0.4, -0.2) is 51.5 Å². The van der Waals surface area contributed by atoms with Gasteiger partial charge in [-0.15, -0.1) is 0 Å². The van der Waals surface area contributed by atoms with Crippen LogP contribution in [0.25, 0.3) is 0 Å². The Bertz CT molecular complexity index is 1010. The lowest BCUT2D eigenvalue weighted by Crippen LogP contribution is -2.49. The minimum atomic E-state index is -1.02. The fourth-order valence-corrected chi connectivity index (χ4v) is 4.70. The van der Waals surface area contributed by atoms with Gasteiger partial charge in [-0.1, -0.05) is 17.7 Å². The van der Waals surface area contributed by atoms with Crippen LogP contribution in [0.4, 0.5) is 10.5 Å². The number of halogens is 1. The van der Waals surface area contributed by atoms with Crippen molar-refractivity contribution in [1.82, 2.24) is 15.2 Å². The molecule has 168 valence electrons. The summed E-state index contributed by atoms with van der Waals surface area (Å²) in [4.78, 5) is 43.7. The van der Waals surface area contributed by atoms with Gasteiger partial charge in [-0.3, -0.25) is 14.6 Å². The molecule has 3 amide bonds. The first-order valence-corrected chi connectivity index (χ1v) is 11.1. The Labute approximate surface area is 191 Å². The van der Waals surface area contributed by atoms with Crippen LogP contribution in [0.2, 0.25) is 5.02 Å². The Hall–Kier alpha value is -3.13. The highest BCUT2D eigenvalue weighted by atomic mass is 35.5. The fraction of sp³-hybridized carbons (Fsp3) is 0.391. The van der Waals surface area contributed by atoms with Gasteiger partial charge in [-0.05, 0) is 61.9 Å². The molecule has 0 bridgehead atoms. The quantitative estimate of drug-likeness (QED) is 0.636. The molecule has 32 heavy (non-hydrogen) atoms. The summed E-state index contributed by atoms with van der Waals surface area (Å²) in [7, 11) is 0. The molecule has 1 aliphatic heterocycles. The lowest BCUT2D eigenvalue weighted by Gasteiger charge is -2.35. The van der Waals surface area contributed by atoms with Crippen molar-refractivity contribution in [1.29, 1.82) is 0 Å². The highest BCUT2D eigenvalue weighted by molar-refractivity contribution is 6.31. The summed E-state index contributed by atoms with van der Waals surface area (Å²) in [5.41, 5.74) is 1.55. The highest BCUT2D eigenvalue weighted by Gasteiger charge is 2.37. The van der Waals surface area contributed by atoms with Gasteiger partial charge in [0.25, 0.3) is 5.91 Å². The Morgan fingerprint density at radius 3 is 2.66 bits per heavy atom. The Morgan fingerprint density at radius 2 is 1.97 bits per heavy atom. The highest BCUT2D eigenvalue weighted by Crippen LogP contribution is 2.31. The molecular weight excluding hydrogens is 432 g/mol. The van der Waals surface area contributed by atoms with Gasteiger partial charge in [0.2, 0.25) is 5.91 Å². The molecule has 1 aliphatic carbocycles. The Balaban J connectivity index is 1.58. The van der Waals surface area contributed by atoms with Crippen molar-refractivity contribution >= 4 is 35.2 Å². The van der Waals surface area contributed by atoms with Gasteiger partial charge < -0.3 is 20.6 Å². The van der Waals surface area contributed by atoms with Crippen LogP contribution < -0.4 is 10.6 Å². The number of nitrogens with one attached hydrogen (secondary N) is 2. The zero-order valence-corrected chi connectivity index (χ0v) is 18.2. The van der Waals surface area contributed by atoms with E-state index >= 15 is 0 Å². The topological polar surface area (TPSA) is 112 Å². The number of hydrogen-bond donors (Lipinski definition) is 3. The molecule has 8 nitrogen and oxygen atoms in total. The van der Waals surface area contributed by atoms with Crippen molar-refractivity contribution in [3.05, 3.63) is 58.9 Å². The molecule has 1 unspecified atom stereocenters. The average Bonchev–Trinajstić information content (AvgIpc) is 2.85. The van der Waals surface area contributed by atoms with Gasteiger partial charge >= 0.3 is 6.09 Å². The Kier molecular flexibility index (Phi) is 6.60. The van der Waals surface area contributed by atoms with E-state index in [-0.39, 0.29) is 23.8 Å². The maximum Gasteiger partial charge on any atom is 0.404 e. The van der Waals surface area contributed by atoms with E-state index < -0.39 is 12.1 Å². The predicted octanol–water partition coefficient (Wildman–Crippen LogP) is 3.57. The summed E-state index contributed by atoms with van der Waals surface area (Å²) in [5.74, 6) is -0.313. The number of pyridine rings is 1. The van der Waals surface area contributed by atoms with Crippen LogP contribution in [0.1, 0.15) is 41.7 Å². The number of carbonyl (C=O) groups is 3. The van der Waals surface area contributed by atoms with Crippen LogP contribution in [0, 0.1) is 5.92 Å². The maximum atomic E-state index is 13.6. The molecule has 3 N–H and O–H groups in total. The number of benzene rings is 1. The van der Waals surface area contributed by atoms with E-state index in [2.05, 4.69) is 15.6 Å². The second-order valence-electron chi connectivity index (χ2n) is 8.34. The van der Waals surface area contributed by atoms with Gasteiger partial charge in [-0.2, -0.15) is 0 Å². The van der Waals surface area contributed by atoms with Crippen molar-refractivity contribution in [3.8, 4) is 0 Å². The lowest BCUT2D eigenvalue weighted by molar-refractivity contribution is -0.120. The summed E-state index contributed by atoms with van der Waals surface area (Å²) in [6.07, 6.45) is 3.93. The molecule has 1 aromatic carbocycles. The number of aromatic nitrogens is 1. The number of carbonyl (C=O) groups excluding carboxylic acids is 2. The molecule has 0 radical (unpaired) electrons. The Morgan fingerprint density at radius 1 is 1.19 bits per heavy atom. The SMILES string of the molecule is O=C(O)NC1CCC(CN2C(=O)c3ccc(Cl)cc3NC(=O)C2Cc2ccccn2)CC1. The summed E-state index contributed by atoms with van der Waals surface area (Å²) in [6.45, 7) is 0.422. The van der Waals surface area contributed by atoms with Crippen molar-refractivity contribution in [2.75, 3.05) is 11.9 Å². The molecule has 4 rings (SSSR count). The number of amides is 3. The van der Waals surface area contributed by atoms with Crippen molar-refractivity contribution < 1.29 is 19.5 Å². The number of fused-ring (bicyclic) bond motifs is 1. The molecule has 2 heterocycles. The minimum absolute atomic E-state index is 0.0703. The van der Waals surface area contributed by atoms with E-state index in [1.807, 2.05) is 12.1 Å². The van der Waals surface area contributed by atoms with E-state index in [0.29, 0.717) is 42.1 Å². The summed E-state index contributed by atoms with van der Waals surface area (Å²) in [6, 6.07) is 9.60. The fourth-order valence-electron chi connectivity index (χ4n) is 4.53. The van der Waals surface area contributed by atoms with Crippen LogP contribution in [0.3, 0.4) is 0 Å². The van der Waals surface area contributed by atoms with Crippen LogP contribution in [-0.2, 0) is 11.2 Å². The minimum Gasteiger partial charge on any atom is -0.465 e. The van der Waals surface area contributed by atoms with Crippen LogP contribution in [0.15, 0.2) is 42.6 Å². The van der Waals surface area contributed by atoms with Crippen LogP contribution in [0.5, 0.6) is 0 Å². The summed E-state index contributed by atoms with van der Waals surface area (Å²) < 4.78 is 0. The van der Waals surface area contributed by atoms with E-state index in [9.17, 15) is 14.4 Å². The number of anilines is 1. The largest absolute Gasteiger partial charge is 0.465 e. The smallest absolute Gasteiger partial charge is 0.404 e. The third kappa shape index (κ3) is 5.02. The summed E-state index contributed by atoms with van der Waals surface area (Å²) in [5, 5.41) is 14.8. The van der Waals surface area contributed by atoms with E-state index in [4.69, 9.17) is 16.7 Å².